The fourth-order valence-electron chi connectivity index (χ4n) is 2.24. The summed E-state index contributed by atoms with van der Waals surface area (Å²) in [6.45, 7) is 2.00. The van der Waals surface area contributed by atoms with Crippen molar-refractivity contribution in [3.05, 3.63) is 0 Å². The first-order chi connectivity index (χ1) is 6.46. The van der Waals surface area contributed by atoms with Gasteiger partial charge in [-0.05, 0) is 25.7 Å². The molecule has 1 saturated carbocycles. The molecule has 2 atom stereocenters. The second-order valence-corrected chi connectivity index (χ2v) is 5.61. The van der Waals surface area contributed by atoms with Crippen LogP contribution in [0, 0.1) is 0 Å². The quantitative estimate of drug-likeness (QED) is 0.770. The largest absolute Gasteiger partial charge is 0.479 e. The molecule has 0 heterocycles. The van der Waals surface area contributed by atoms with Crippen LogP contribution in [-0.4, -0.2) is 26.1 Å². The number of halogens is 1. The molecule has 0 saturated heterocycles. The zero-order valence-corrected chi connectivity index (χ0v) is 10.0. The Morgan fingerprint density at radius 2 is 2.00 bits per heavy atom. The van der Waals surface area contributed by atoms with Crippen molar-refractivity contribution < 1.29 is 15.0 Å². The number of carboxylic acid groups (broad SMARTS) is 1. The molecule has 0 spiro atoms. The summed E-state index contributed by atoms with van der Waals surface area (Å²) in [4.78, 5) is 11.1. The van der Waals surface area contributed by atoms with E-state index in [1.807, 2.05) is 6.92 Å². The first-order valence-electron chi connectivity index (χ1n) is 5.11. The Morgan fingerprint density at radius 3 is 2.50 bits per heavy atom. The highest BCUT2D eigenvalue weighted by molar-refractivity contribution is 9.10. The molecule has 0 radical (unpaired) electrons. The number of hydrogen-bond donors (Lipinski definition) is 2. The average Bonchev–Trinajstić information content (AvgIpc) is 2.10. The third-order valence-electron chi connectivity index (χ3n) is 3.10. The zero-order chi connectivity index (χ0) is 10.8. The van der Waals surface area contributed by atoms with E-state index in [-0.39, 0.29) is 0 Å². The smallest absolute Gasteiger partial charge is 0.337 e. The number of aliphatic carboxylic acids is 1. The molecule has 0 aliphatic heterocycles. The lowest BCUT2D eigenvalue weighted by molar-refractivity contribution is -0.165. The van der Waals surface area contributed by atoms with Gasteiger partial charge >= 0.3 is 5.97 Å². The molecule has 0 aromatic rings. The molecule has 0 amide bonds. The van der Waals surface area contributed by atoms with Crippen LogP contribution in [0.5, 0.6) is 0 Å². The van der Waals surface area contributed by atoms with Crippen molar-refractivity contribution in [3.8, 4) is 0 Å². The van der Waals surface area contributed by atoms with E-state index in [0.29, 0.717) is 12.8 Å². The first kappa shape index (κ1) is 12.0. The van der Waals surface area contributed by atoms with Crippen LogP contribution in [-0.2, 0) is 4.79 Å². The fraction of sp³-hybridized carbons (Fsp3) is 0.900. The van der Waals surface area contributed by atoms with E-state index in [0.717, 1.165) is 25.7 Å². The summed E-state index contributed by atoms with van der Waals surface area (Å²) in [6.07, 6.45) is 4.45. The van der Waals surface area contributed by atoms with Crippen molar-refractivity contribution >= 4 is 21.9 Å². The molecule has 4 heteroatoms. The van der Waals surface area contributed by atoms with E-state index < -0.39 is 15.9 Å². The Labute approximate surface area is 92.6 Å². The Morgan fingerprint density at radius 1 is 1.43 bits per heavy atom. The van der Waals surface area contributed by atoms with Crippen LogP contribution in [0.2, 0.25) is 0 Å². The molecule has 0 bridgehead atoms. The summed E-state index contributed by atoms with van der Waals surface area (Å²) >= 11 is 3.45. The number of carboxylic acids is 1. The van der Waals surface area contributed by atoms with Gasteiger partial charge in [0.15, 0.2) is 5.60 Å². The second kappa shape index (κ2) is 4.19. The van der Waals surface area contributed by atoms with Crippen LogP contribution in [0.4, 0.5) is 0 Å². The van der Waals surface area contributed by atoms with Gasteiger partial charge in [0.1, 0.15) is 0 Å². The van der Waals surface area contributed by atoms with Crippen LogP contribution in [0.3, 0.4) is 0 Å². The molecule has 3 nitrogen and oxygen atoms in total. The highest BCUT2D eigenvalue weighted by Gasteiger charge is 2.54. The Balaban J connectivity index is 2.93. The van der Waals surface area contributed by atoms with Crippen LogP contribution in [0.25, 0.3) is 0 Å². The maximum Gasteiger partial charge on any atom is 0.337 e. The molecular formula is C10H17BrO3. The average molecular weight is 265 g/mol. The van der Waals surface area contributed by atoms with E-state index in [1.165, 1.54) is 0 Å². The van der Waals surface area contributed by atoms with Gasteiger partial charge in [-0.15, -0.1) is 0 Å². The van der Waals surface area contributed by atoms with E-state index >= 15 is 0 Å². The van der Waals surface area contributed by atoms with Crippen LogP contribution < -0.4 is 0 Å². The van der Waals surface area contributed by atoms with Gasteiger partial charge in [-0.3, -0.25) is 0 Å². The summed E-state index contributed by atoms with van der Waals surface area (Å²) in [5, 5.41) is 19.2. The van der Waals surface area contributed by atoms with Crippen molar-refractivity contribution in [1.82, 2.24) is 0 Å². The third kappa shape index (κ3) is 1.82. The van der Waals surface area contributed by atoms with E-state index in [1.54, 1.807) is 0 Å². The molecule has 1 fully saturated rings. The summed E-state index contributed by atoms with van der Waals surface area (Å²) in [7, 11) is 0. The standard InChI is InChI=1S/C10H17BrO3/c1-2-5-9(11)6-3-4-7-10(9,14)8(12)13/h14H,2-7H2,1H3,(H,12,13)/t9-,10+/m1/s1. The zero-order valence-electron chi connectivity index (χ0n) is 8.42. The van der Waals surface area contributed by atoms with Gasteiger partial charge in [0.25, 0.3) is 0 Å². The molecule has 1 aliphatic carbocycles. The monoisotopic (exact) mass is 264 g/mol. The van der Waals surface area contributed by atoms with Crippen molar-refractivity contribution in [3.63, 3.8) is 0 Å². The summed E-state index contributed by atoms with van der Waals surface area (Å²) in [5.41, 5.74) is -1.58. The van der Waals surface area contributed by atoms with Gasteiger partial charge in [-0.1, -0.05) is 35.7 Å². The van der Waals surface area contributed by atoms with E-state index in [2.05, 4.69) is 15.9 Å². The van der Waals surface area contributed by atoms with E-state index in [9.17, 15) is 9.90 Å². The predicted octanol–water partition coefficient (Wildman–Crippen LogP) is 2.31. The number of carbonyl (C=O) groups is 1. The van der Waals surface area contributed by atoms with Gasteiger partial charge in [0.05, 0.1) is 4.32 Å². The van der Waals surface area contributed by atoms with Crippen LogP contribution in [0.1, 0.15) is 45.4 Å². The molecule has 1 rings (SSSR count). The number of hydrogen-bond acceptors (Lipinski definition) is 2. The molecule has 82 valence electrons. The van der Waals surface area contributed by atoms with Crippen LogP contribution in [0.15, 0.2) is 0 Å². The van der Waals surface area contributed by atoms with Crippen LogP contribution >= 0.6 is 15.9 Å². The SMILES string of the molecule is CCC[C@@]1(Br)CCCC[C@]1(O)C(=O)O. The fourth-order valence-corrected chi connectivity index (χ4v) is 3.29. The number of rotatable bonds is 3. The van der Waals surface area contributed by atoms with Crippen molar-refractivity contribution in [2.45, 2.75) is 55.4 Å². The molecule has 1 aliphatic rings. The lowest BCUT2D eigenvalue weighted by atomic mass is 9.73. The third-order valence-corrected chi connectivity index (χ3v) is 4.55. The first-order valence-corrected chi connectivity index (χ1v) is 5.90. The van der Waals surface area contributed by atoms with Crippen molar-refractivity contribution in [2.75, 3.05) is 0 Å². The van der Waals surface area contributed by atoms with Gasteiger partial charge in [0, 0.05) is 0 Å². The number of alkyl halides is 1. The topological polar surface area (TPSA) is 57.5 Å². The molecular weight excluding hydrogens is 248 g/mol. The normalized spacial score (nSPS) is 38.2. The van der Waals surface area contributed by atoms with E-state index in [4.69, 9.17) is 5.11 Å². The summed E-state index contributed by atoms with van der Waals surface area (Å²) in [5.74, 6) is -1.09. The molecule has 0 unspecified atom stereocenters. The number of aliphatic hydroxyl groups is 1. The highest BCUT2D eigenvalue weighted by atomic mass is 79.9. The lowest BCUT2D eigenvalue weighted by Gasteiger charge is -2.44. The highest BCUT2D eigenvalue weighted by Crippen LogP contribution is 2.46. The molecule has 0 aromatic heterocycles. The molecule has 14 heavy (non-hydrogen) atoms. The van der Waals surface area contributed by atoms with Gasteiger partial charge in [-0.2, -0.15) is 0 Å². The maximum absolute atomic E-state index is 11.1. The van der Waals surface area contributed by atoms with Gasteiger partial charge in [-0.25, -0.2) is 4.79 Å². The summed E-state index contributed by atoms with van der Waals surface area (Å²) in [6, 6.07) is 0. The Bertz CT molecular complexity index is 227. The molecule has 2 N–H and O–H groups in total. The van der Waals surface area contributed by atoms with Crippen molar-refractivity contribution in [1.29, 1.82) is 0 Å². The minimum absolute atomic E-state index is 0.355. The summed E-state index contributed by atoms with van der Waals surface area (Å²) < 4.78 is -0.626. The van der Waals surface area contributed by atoms with Gasteiger partial charge < -0.3 is 10.2 Å². The lowest BCUT2D eigenvalue weighted by Crippen LogP contribution is -2.57. The van der Waals surface area contributed by atoms with Gasteiger partial charge in [0.2, 0.25) is 0 Å². The predicted molar refractivity (Wildman–Crippen MR) is 57.6 cm³/mol. The minimum atomic E-state index is -1.58. The minimum Gasteiger partial charge on any atom is -0.479 e. The van der Waals surface area contributed by atoms with Crippen molar-refractivity contribution in [2.24, 2.45) is 0 Å². The Hall–Kier alpha value is -0.0900. The Kier molecular flexibility index (Phi) is 3.58. The second-order valence-electron chi connectivity index (χ2n) is 4.09. The molecule has 0 aromatic carbocycles. The maximum atomic E-state index is 11.1.